The number of carbonyl (C=O) groups is 5. The first-order valence-electron chi connectivity index (χ1n) is 19.4. The van der Waals surface area contributed by atoms with E-state index in [4.69, 9.17) is 35.9 Å². The number of nitrogens with one attached hydrogen (secondary N) is 2. The summed E-state index contributed by atoms with van der Waals surface area (Å²) >= 11 is 0. The molecule has 1 aliphatic rings. The van der Waals surface area contributed by atoms with Crippen molar-refractivity contribution in [3.05, 3.63) is 0 Å². The van der Waals surface area contributed by atoms with Gasteiger partial charge in [-0.1, -0.05) is 96.8 Å². The van der Waals surface area contributed by atoms with Gasteiger partial charge in [-0.15, -0.1) is 0 Å². The molecule has 1 rings (SSSR count). The quantitative estimate of drug-likeness (QED) is 0.0402. The maximum absolute atomic E-state index is 12.3. The van der Waals surface area contributed by atoms with Crippen molar-refractivity contribution in [1.82, 2.24) is 10.6 Å². The van der Waals surface area contributed by atoms with Crippen LogP contribution in [0.1, 0.15) is 143 Å². The van der Waals surface area contributed by atoms with Gasteiger partial charge in [0, 0.05) is 26.3 Å². The molecule has 0 aromatic rings. The molecule has 0 bridgehead atoms. The van der Waals surface area contributed by atoms with Crippen molar-refractivity contribution in [2.24, 2.45) is 11.5 Å². The van der Waals surface area contributed by atoms with E-state index in [1.165, 1.54) is 90.9 Å². The minimum absolute atomic E-state index is 0.102. The number of carboxylic acid groups (broad SMARTS) is 2. The summed E-state index contributed by atoms with van der Waals surface area (Å²) < 4.78 is 16.7. The van der Waals surface area contributed by atoms with E-state index in [1.807, 2.05) is 0 Å². The first-order valence-corrected chi connectivity index (χ1v) is 19.4. The lowest BCUT2D eigenvalue weighted by molar-refractivity contribution is -0.268. The van der Waals surface area contributed by atoms with E-state index in [0.717, 1.165) is 19.3 Å². The van der Waals surface area contributed by atoms with Gasteiger partial charge in [0.25, 0.3) is 0 Å². The number of ether oxygens (including phenoxy) is 3. The van der Waals surface area contributed by atoms with Crippen LogP contribution in [0.25, 0.3) is 0 Å². The van der Waals surface area contributed by atoms with Gasteiger partial charge in [0.2, 0.25) is 11.8 Å². The SMILES string of the molecule is CCCCCCCCCCCCCCCCCC(=O)OC[C@H]1O[C@H](O)[C@H](NC(C)=O)[C@@H](OC(C)CN[C@@H](C)C(=O)O)[C@@H]1O.NC(=O)[C@H](N)CCC(=O)O. The Kier molecular flexibility index (Phi) is 28.8. The van der Waals surface area contributed by atoms with Crippen LogP contribution in [0.3, 0.4) is 0 Å². The third-order valence-corrected chi connectivity index (χ3v) is 8.96. The minimum Gasteiger partial charge on any atom is -0.481 e. The fourth-order valence-corrected chi connectivity index (χ4v) is 5.68. The summed E-state index contributed by atoms with van der Waals surface area (Å²) in [6.45, 7) is 6.56. The Morgan fingerprint density at radius 2 is 1.32 bits per heavy atom. The van der Waals surface area contributed by atoms with Gasteiger partial charge in [-0.3, -0.25) is 24.0 Å². The molecule has 16 nitrogen and oxygen atoms in total. The summed E-state index contributed by atoms with van der Waals surface area (Å²) in [7, 11) is 0. The van der Waals surface area contributed by atoms with Crippen LogP contribution in [0.4, 0.5) is 0 Å². The standard InChI is InChI=1S/C32H60N2O9.C5H10N2O3/c1-5-6-7-8-9-10-11-12-13-14-15-16-17-18-19-20-27(36)41-22-26-29(37)30(28(32(40)43-26)34-25(4)35)42-23(2)21-33-24(3)31(38)39;6-3(5(7)10)1-2-4(8)9/h23-24,26,28-30,32-33,37,40H,5-22H2,1-4H3,(H,34,35)(H,38,39);3H,1-2,6H2,(H2,7,10)(H,8,9)/t23?,24-,26+,28+,29+,30+,32-;3-/m01/s1. The van der Waals surface area contributed by atoms with Gasteiger partial charge in [0.05, 0.1) is 12.1 Å². The third-order valence-electron chi connectivity index (χ3n) is 8.96. The second-order valence-corrected chi connectivity index (χ2v) is 14.0. The number of aliphatic hydroxyl groups excluding tert-OH is 2. The van der Waals surface area contributed by atoms with E-state index in [-0.39, 0.29) is 32.4 Å². The van der Waals surface area contributed by atoms with Gasteiger partial charge < -0.3 is 56.7 Å². The van der Waals surface area contributed by atoms with Gasteiger partial charge in [0.15, 0.2) is 6.29 Å². The predicted molar refractivity (Wildman–Crippen MR) is 198 cm³/mol. The topological polar surface area (TPSA) is 270 Å². The molecule has 0 radical (unpaired) electrons. The van der Waals surface area contributed by atoms with Crippen LogP contribution in [0.2, 0.25) is 0 Å². The van der Waals surface area contributed by atoms with E-state index in [1.54, 1.807) is 6.92 Å². The molecule has 1 saturated heterocycles. The zero-order valence-electron chi connectivity index (χ0n) is 32.5. The average molecular weight is 763 g/mol. The van der Waals surface area contributed by atoms with Crippen LogP contribution in [-0.4, -0.2) is 112 Å². The molecule has 53 heavy (non-hydrogen) atoms. The molecule has 1 aliphatic heterocycles. The van der Waals surface area contributed by atoms with E-state index >= 15 is 0 Å². The summed E-state index contributed by atoms with van der Waals surface area (Å²) in [4.78, 5) is 55.2. The normalized spacial score (nSPS) is 21.4. The van der Waals surface area contributed by atoms with Gasteiger partial charge in [0.1, 0.15) is 37.0 Å². The molecule has 310 valence electrons. The summed E-state index contributed by atoms with van der Waals surface area (Å²) in [5, 5.41) is 44.0. The van der Waals surface area contributed by atoms with E-state index in [2.05, 4.69) is 17.6 Å². The van der Waals surface area contributed by atoms with E-state index in [0.29, 0.717) is 0 Å². The van der Waals surface area contributed by atoms with Crippen molar-refractivity contribution in [2.75, 3.05) is 13.2 Å². The van der Waals surface area contributed by atoms with Gasteiger partial charge in [-0.25, -0.2) is 0 Å². The second kappa shape index (κ2) is 30.4. The number of amides is 2. The smallest absolute Gasteiger partial charge is 0.320 e. The molecule has 1 heterocycles. The largest absolute Gasteiger partial charge is 0.481 e. The highest BCUT2D eigenvalue weighted by Gasteiger charge is 2.47. The molecule has 2 amide bonds. The monoisotopic (exact) mass is 762 g/mol. The van der Waals surface area contributed by atoms with Gasteiger partial charge in [-0.2, -0.15) is 0 Å². The summed E-state index contributed by atoms with van der Waals surface area (Å²) in [5.41, 5.74) is 9.89. The van der Waals surface area contributed by atoms with Crippen molar-refractivity contribution in [1.29, 1.82) is 0 Å². The number of unbranched alkanes of at least 4 members (excludes halogenated alkanes) is 14. The summed E-state index contributed by atoms with van der Waals surface area (Å²) in [5.74, 6) is -3.51. The first-order chi connectivity index (χ1) is 25.1. The number of aliphatic hydroxyl groups is 2. The second-order valence-electron chi connectivity index (χ2n) is 14.0. The van der Waals surface area contributed by atoms with Crippen LogP contribution in [0.15, 0.2) is 0 Å². The lowest BCUT2D eigenvalue weighted by atomic mass is 9.96. The Hall–Kier alpha value is -2.89. The Morgan fingerprint density at radius 1 is 0.811 bits per heavy atom. The molecule has 1 fully saturated rings. The lowest BCUT2D eigenvalue weighted by Gasteiger charge is -2.43. The minimum atomic E-state index is -1.50. The fraction of sp³-hybridized carbons (Fsp3) is 0.865. The van der Waals surface area contributed by atoms with Crippen LogP contribution in [-0.2, 0) is 38.2 Å². The van der Waals surface area contributed by atoms with E-state index in [9.17, 15) is 34.2 Å². The zero-order chi connectivity index (χ0) is 40.2. The maximum Gasteiger partial charge on any atom is 0.320 e. The number of carbonyl (C=O) groups excluding carboxylic acids is 3. The average Bonchev–Trinajstić information content (AvgIpc) is 3.10. The Bertz CT molecular complexity index is 1040. The molecule has 8 atom stereocenters. The molecule has 0 aromatic carbocycles. The van der Waals surface area contributed by atoms with Crippen molar-refractivity contribution in [3.63, 3.8) is 0 Å². The number of nitrogens with two attached hydrogens (primary N) is 2. The molecule has 0 aliphatic carbocycles. The first kappa shape index (κ1) is 50.1. The van der Waals surface area contributed by atoms with Crippen molar-refractivity contribution in [2.45, 2.75) is 192 Å². The predicted octanol–water partition coefficient (Wildman–Crippen LogP) is 2.87. The van der Waals surface area contributed by atoms with Crippen LogP contribution in [0.5, 0.6) is 0 Å². The number of esters is 1. The van der Waals surface area contributed by atoms with Crippen molar-refractivity contribution < 1.29 is 58.6 Å². The highest BCUT2D eigenvalue weighted by Crippen LogP contribution is 2.24. The number of rotatable bonds is 29. The van der Waals surface area contributed by atoms with Crippen molar-refractivity contribution >= 4 is 29.7 Å². The highest BCUT2D eigenvalue weighted by atomic mass is 16.6. The van der Waals surface area contributed by atoms with Gasteiger partial charge in [-0.05, 0) is 26.7 Å². The number of hydrogen-bond acceptors (Lipinski definition) is 12. The summed E-state index contributed by atoms with van der Waals surface area (Å²) in [6.07, 6.45) is 13.3. The number of primary amides is 1. The summed E-state index contributed by atoms with van der Waals surface area (Å²) in [6, 6.07) is -2.71. The lowest BCUT2D eigenvalue weighted by Crippen LogP contribution is -2.65. The number of hydrogen-bond donors (Lipinski definition) is 8. The number of aliphatic carboxylic acids is 2. The van der Waals surface area contributed by atoms with Crippen LogP contribution >= 0.6 is 0 Å². The molecule has 16 heteroatoms. The molecule has 10 N–H and O–H groups in total. The van der Waals surface area contributed by atoms with Gasteiger partial charge >= 0.3 is 17.9 Å². The number of carboxylic acids is 2. The van der Waals surface area contributed by atoms with Crippen molar-refractivity contribution in [3.8, 4) is 0 Å². The molecular weight excluding hydrogens is 692 g/mol. The zero-order valence-corrected chi connectivity index (χ0v) is 32.5. The Labute approximate surface area is 315 Å². The molecule has 0 spiro atoms. The Morgan fingerprint density at radius 3 is 1.77 bits per heavy atom. The van der Waals surface area contributed by atoms with Crippen LogP contribution in [0, 0.1) is 0 Å². The molecule has 0 saturated carbocycles. The molecule has 0 aromatic heterocycles. The highest BCUT2D eigenvalue weighted by molar-refractivity contribution is 5.80. The third kappa shape index (κ3) is 25.7. The maximum atomic E-state index is 12.3. The fourth-order valence-electron chi connectivity index (χ4n) is 5.68. The van der Waals surface area contributed by atoms with Crippen LogP contribution < -0.4 is 22.1 Å². The molecular formula is C37H70N4O12. The van der Waals surface area contributed by atoms with E-state index < -0.39 is 78.6 Å². The Balaban J connectivity index is 0.00000234. The molecule has 1 unspecified atom stereocenters.